The smallest absolute Gasteiger partial charge is 0.195 e. The summed E-state index contributed by atoms with van der Waals surface area (Å²) in [5, 5.41) is 10.3. The van der Waals surface area contributed by atoms with Crippen molar-refractivity contribution >= 4 is 17.4 Å². The zero-order valence-electron chi connectivity index (χ0n) is 9.31. The summed E-state index contributed by atoms with van der Waals surface area (Å²) in [6.45, 7) is 0. The van der Waals surface area contributed by atoms with E-state index in [1.54, 1.807) is 24.3 Å². The lowest BCUT2D eigenvalue weighted by molar-refractivity contribution is 0.0747. The first-order valence-electron chi connectivity index (χ1n) is 5.32. The molecule has 4 heteroatoms. The van der Waals surface area contributed by atoms with Gasteiger partial charge in [0, 0.05) is 16.1 Å². The predicted molar refractivity (Wildman–Crippen MR) is 67.1 cm³/mol. The van der Waals surface area contributed by atoms with Gasteiger partial charge in [-0.3, -0.25) is 4.79 Å². The van der Waals surface area contributed by atoms with Gasteiger partial charge in [0.25, 0.3) is 0 Å². The Hall–Kier alpha value is -1.71. The fourth-order valence-electron chi connectivity index (χ4n) is 1.61. The van der Waals surface area contributed by atoms with Gasteiger partial charge >= 0.3 is 0 Å². The molecular formula is C14H10ClFO2. The molecule has 0 amide bonds. The van der Waals surface area contributed by atoms with Crippen LogP contribution in [0.4, 0.5) is 4.39 Å². The van der Waals surface area contributed by atoms with E-state index in [-0.39, 0.29) is 5.56 Å². The van der Waals surface area contributed by atoms with E-state index < -0.39 is 17.7 Å². The minimum atomic E-state index is -1.34. The van der Waals surface area contributed by atoms with Crippen molar-refractivity contribution in [2.75, 3.05) is 0 Å². The highest BCUT2D eigenvalue weighted by molar-refractivity contribution is 6.31. The molecule has 1 N–H and O–H groups in total. The molecule has 0 spiro atoms. The number of rotatable bonds is 3. The van der Waals surface area contributed by atoms with Crippen LogP contribution in [0.2, 0.25) is 5.02 Å². The fraction of sp³-hybridized carbons (Fsp3) is 0.0714. The van der Waals surface area contributed by atoms with Gasteiger partial charge in [-0.25, -0.2) is 4.39 Å². The number of carbonyl (C=O) groups is 1. The molecule has 1 atom stereocenters. The lowest BCUT2D eigenvalue weighted by atomic mass is 10.00. The lowest BCUT2D eigenvalue weighted by Gasteiger charge is -2.11. The van der Waals surface area contributed by atoms with E-state index in [1.165, 1.54) is 24.3 Å². The number of aliphatic hydroxyl groups is 1. The van der Waals surface area contributed by atoms with Crippen LogP contribution in [0.1, 0.15) is 22.0 Å². The van der Waals surface area contributed by atoms with Gasteiger partial charge in [-0.1, -0.05) is 29.8 Å². The lowest BCUT2D eigenvalue weighted by Crippen LogP contribution is -2.12. The molecule has 0 saturated carbocycles. The average Bonchev–Trinajstić information content (AvgIpc) is 2.38. The first-order chi connectivity index (χ1) is 8.59. The Bertz CT molecular complexity index is 566. The third kappa shape index (κ3) is 2.58. The summed E-state index contributed by atoms with van der Waals surface area (Å²) in [7, 11) is 0. The Morgan fingerprint density at radius 1 is 1.11 bits per heavy atom. The SMILES string of the molecule is O=C(c1ccc(F)cc1)C(O)c1ccccc1Cl. The summed E-state index contributed by atoms with van der Waals surface area (Å²) in [6, 6.07) is 11.6. The number of ketones is 1. The van der Waals surface area contributed by atoms with E-state index in [9.17, 15) is 14.3 Å². The Balaban J connectivity index is 2.29. The van der Waals surface area contributed by atoms with Crippen LogP contribution in [0.25, 0.3) is 0 Å². The number of benzene rings is 2. The van der Waals surface area contributed by atoms with Crippen LogP contribution in [0.3, 0.4) is 0 Å². The van der Waals surface area contributed by atoms with Crippen LogP contribution < -0.4 is 0 Å². The quantitative estimate of drug-likeness (QED) is 0.863. The van der Waals surface area contributed by atoms with Gasteiger partial charge in [0.1, 0.15) is 11.9 Å². The monoisotopic (exact) mass is 264 g/mol. The third-order valence-corrected chi connectivity index (χ3v) is 2.92. The highest BCUT2D eigenvalue weighted by Gasteiger charge is 2.21. The second-order valence-corrected chi connectivity index (χ2v) is 4.20. The van der Waals surface area contributed by atoms with Gasteiger partial charge < -0.3 is 5.11 Å². The van der Waals surface area contributed by atoms with Gasteiger partial charge in [-0.2, -0.15) is 0 Å². The number of hydrogen-bond donors (Lipinski definition) is 1. The zero-order valence-corrected chi connectivity index (χ0v) is 10.1. The van der Waals surface area contributed by atoms with Crippen molar-refractivity contribution < 1.29 is 14.3 Å². The number of halogens is 2. The van der Waals surface area contributed by atoms with Crippen molar-refractivity contribution in [2.24, 2.45) is 0 Å². The maximum Gasteiger partial charge on any atom is 0.195 e. The van der Waals surface area contributed by atoms with Gasteiger partial charge in [0.15, 0.2) is 5.78 Å². The van der Waals surface area contributed by atoms with E-state index in [1.807, 2.05) is 0 Å². The summed E-state index contributed by atoms with van der Waals surface area (Å²) >= 11 is 5.90. The van der Waals surface area contributed by atoms with E-state index in [2.05, 4.69) is 0 Å². The standard InChI is InChI=1S/C14H10ClFO2/c15-12-4-2-1-3-11(12)14(18)13(17)9-5-7-10(16)8-6-9/h1-8,14,18H. The van der Waals surface area contributed by atoms with Crippen LogP contribution in [0, 0.1) is 5.82 Å². The molecule has 0 aromatic heterocycles. The van der Waals surface area contributed by atoms with Crippen molar-refractivity contribution in [1.29, 1.82) is 0 Å². The maximum atomic E-state index is 12.7. The second kappa shape index (κ2) is 5.29. The molecule has 0 aliphatic carbocycles. The van der Waals surface area contributed by atoms with E-state index in [0.717, 1.165) is 0 Å². The molecule has 2 rings (SSSR count). The van der Waals surface area contributed by atoms with Gasteiger partial charge in [0.2, 0.25) is 0 Å². The van der Waals surface area contributed by atoms with Crippen LogP contribution >= 0.6 is 11.6 Å². The highest BCUT2D eigenvalue weighted by atomic mass is 35.5. The molecule has 18 heavy (non-hydrogen) atoms. The third-order valence-electron chi connectivity index (χ3n) is 2.58. The summed E-state index contributed by atoms with van der Waals surface area (Å²) in [5.41, 5.74) is 0.581. The zero-order chi connectivity index (χ0) is 13.1. The fourth-order valence-corrected chi connectivity index (χ4v) is 1.85. The Morgan fingerprint density at radius 2 is 1.72 bits per heavy atom. The topological polar surface area (TPSA) is 37.3 Å². The van der Waals surface area contributed by atoms with Crippen LogP contribution in [-0.2, 0) is 0 Å². The molecule has 0 bridgehead atoms. The first kappa shape index (κ1) is 12.7. The molecule has 0 radical (unpaired) electrons. The summed E-state index contributed by atoms with van der Waals surface area (Å²) in [5.74, 6) is -0.943. The number of aliphatic hydroxyl groups excluding tert-OH is 1. The molecular weight excluding hydrogens is 255 g/mol. The summed E-state index contributed by atoms with van der Waals surface area (Å²) in [6.07, 6.45) is -1.34. The van der Waals surface area contributed by atoms with Crippen molar-refractivity contribution in [1.82, 2.24) is 0 Å². The normalized spacial score (nSPS) is 12.2. The molecule has 2 nitrogen and oxygen atoms in total. The molecule has 92 valence electrons. The average molecular weight is 265 g/mol. The van der Waals surface area contributed by atoms with E-state index >= 15 is 0 Å². The predicted octanol–water partition coefficient (Wildman–Crippen LogP) is 3.40. The van der Waals surface area contributed by atoms with Crippen molar-refractivity contribution in [3.63, 3.8) is 0 Å². The molecule has 2 aromatic carbocycles. The van der Waals surface area contributed by atoms with E-state index in [4.69, 9.17) is 11.6 Å². The summed E-state index contributed by atoms with van der Waals surface area (Å²) in [4.78, 5) is 12.0. The molecule has 1 unspecified atom stereocenters. The Labute approximate surface area is 109 Å². The second-order valence-electron chi connectivity index (χ2n) is 3.80. The van der Waals surface area contributed by atoms with Crippen LogP contribution in [-0.4, -0.2) is 10.9 Å². The van der Waals surface area contributed by atoms with Gasteiger partial charge in [0.05, 0.1) is 0 Å². The molecule has 0 saturated heterocycles. The molecule has 0 fully saturated rings. The minimum absolute atomic E-state index is 0.240. The Kier molecular flexibility index (Phi) is 3.75. The number of hydrogen-bond acceptors (Lipinski definition) is 2. The van der Waals surface area contributed by atoms with Gasteiger partial charge in [-0.05, 0) is 30.3 Å². The highest BCUT2D eigenvalue weighted by Crippen LogP contribution is 2.25. The number of Topliss-reactive ketones (excluding diaryl/α,β-unsaturated/α-hetero) is 1. The van der Waals surface area contributed by atoms with Crippen molar-refractivity contribution in [2.45, 2.75) is 6.10 Å². The van der Waals surface area contributed by atoms with E-state index in [0.29, 0.717) is 10.6 Å². The molecule has 0 aliphatic rings. The maximum absolute atomic E-state index is 12.7. The van der Waals surface area contributed by atoms with Crippen LogP contribution in [0.5, 0.6) is 0 Å². The minimum Gasteiger partial charge on any atom is -0.380 e. The van der Waals surface area contributed by atoms with Crippen molar-refractivity contribution in [3.05, 3.63) is 70.5 Å². The molecule has 0 aliphatic heterocycles. The molecule has 0 heterocycles. The molecule has 2 aromatic rings. The largest absolute Gasteiger partial charge is 0.380 e. The first-order valence-corrected chi connectivity index (χ1v) is 5.69. The number of carbonyl (C=O) groups excluding carboxylic acids is 1. The van der Waals surface area contributed by atoms with Gasteiger partial charge in [-0.15, -0.1) is 0 Å². The Morgan fingerprint density at radius 3 is 2.33 bits per heavy atom. The van der Waals surface area contributed by atoms with Crippen LogP contribution in [0.15, 0.2) is 48.5 Å². The van der Waals surface area contributed by atoms with Crippen molar-refractivity contribution in [3.8, 4) is 0 Å². The summed E-state index contributed by atoms with van der Waals surface area (Å²) < 4.78 is 12.7.